The molecule has 0 aliphatic rings. The van der Waals surface area contributed by atoms with Crippen LogP contribution in [-0.2, 0) is 4.79 Å². The number of carbonyl (C=O) groups is 2. The molecule has 106 valence electrons. The lowest BCUT2D eigenvalue weighted by molar-refractivity contribution is -0.142. The Labute approximate surface area is 120 Å². The molecule has 0 radical (unpaired) electrons. The Kier molecular flexibility index (Phi) is 5.17. The molecule has 0 aliphatic carbocycles. The molecular weight excluding hydrogens is 314 g/mol. The first-order valence-corrected chi connectivity index (χ1v) is 6.74. The van der Waals surface area contributed by atoms with Gasteiger partial charge in [0.1, 0.15) is 0 Å². The van der Waals surface area contributed by atoms with Crippen LogP contribution in [-0.4, -0.2) is 23.5 Å². The molecule has 19 heavy (non-hydrogen) atoms. The lowest BCUT2D eigenvalue weighted by Crippen LogP contribution is -2.35. The van der Waals surface area contributed by atoms with Crippen molar-refractivity contribution in [2.45, 2.75) is 27.2 Å². The average molecular weight is 332 g/mol. The van der Waals surface area contributed by atoms with Crippen LogP contribution < -0.4 is 5.32 Å². The van der Waals surface area contributed by atoms with E-state index in [-0.39, 0.29) is 17.9 Å². The number of hydrogen-bond donors (Lipinski definition) is 2. The van der Waals surface area contributed by atoms with Crippen molar-refractivity contribution >= 4 is 27.8 Å². The maximum absolute atomic E-state index is 11.8. The molecule has 1 atom stereocenters. The number of nitrogens with one attached hydrogen (secondary N) is 1. The molecule has 2 N–H and O–H groups in total. The van der Waals surface area contributed by atoms with Crippen LogP contribution in [0.4, 0.5) is 0 Å². The van der Waals surface area contributed by atoms with Crippen LogP contribution in [0.3, 0.4) is 0 Å². The van der Waals surface area contributed by atoms with Crippen LogP contribution in [0.2, 0.25) is 0 Å². The SMILES string of the molecule is CC(C)(C)CC(CNC(=O)c1ccoc1Br)C(=O)O. The first-order valence-electron chi connectivity index (χ1n) is 5.94. The zero-order valence-electron chi connectivity index (χ0n) is 11.2. The summed E-state index contributed by atoms with van der Waals surface area (Å²) in [5.74, 6) is -1.85. The molecule has 0 saturated heterocycles. The Balaban J connectivity index is 2.60. The highest BCUT2D eigenvalue weighted by Gasteiger charge is 2.25. The van der Waals surface area contributed by atoms with Gasteiger partial charge >= 0.3 is 5.97 Å². The second-order valence-corrected chi connectivity index (χ2v) is 6.34. The van der Waals surface area contributed by atoms with Crippen LogP contribution in [0.5, 0.6) is 0 Å². The van der Waals surface area contributed by atoms with E-state index < -0.39 is 11.9 Å². The van der Waals surface area contributed by atoms with E-state index in [2.05, 4.69) is 21.2 Å². The van der Waals surface area contributed by atoms with E-state index >= 15 is 0 Å². The van der Waals surface area contributed by atoms with Crippen LogP contribution in [0.25, 0.3) is 0 Å². The molecule has 0 spiro atoms. The molecular formula is C13H18BrNO4. The molecule has 0 bridgehead atoms. The first-order chi connectivity index (χ1) is 8.70. The third-order valence-electron chi connectivity index (χ3n) is 2.58. The minimum atomic E-state index is -0.901. The molecule has 1 heterocycles. The van der Waals surface area contributed by atoms with Crippen molar-refractivity contribution in [1.82, 2.24) is 5.32 Å². The van der Waals surface area contributed by atoms with Crippen molar-refractivity contribution in [2.75, 3.05) is 6.54 Å². The van der Waals surface area contributed by atoms with Gasteiger partial charge in [-0.1, -0.05) is 20.8 Å². The van der Waals surface area contributed by atoms with Crippen molar-refractivity contribution in [1.29, 1.82) is 0 Å². The van der Waals surface area contributed by atoms with Gasteiger partial charge in [0.05, 0.1) is 17.7 Å². The van der Waals surface area contributed by atoms with Gasteiger partial charge in [-0.2, -0.15) is 0 Å². The third kappa shape index (κ3) is 5.06. The normalized spacial score (nSPS) is 13.1. The van der Waals surface area contributed by atoms with Crippen molar-refractivity contribution in [3.63, 3.8) is 0 Å². The quantitative estimate of drug-likeness (QED) is 0.869. The van der Waals surface area contributed by atoms with Gasteiger partial charge < -0.3 is 14.8 Å². The molecule has 0 aromatic carbocycles. The van der Waals surface area contributed by atoms with Crippen molar-refractivity contribution in [2.24, 2.45) is 11.3 Å². The minimum absolute atomic E-state index is 0.100. The molecule has 0 aliphatic heterocycles. The zero-order chi connectivity index (χ0) is 14.6. The Hall–Kier alpha value is -1.30. The van der Waals surface area contributed by atoms with Crippen molar-refractivity contribution in [3.05, 3.63) is 22.6 Å². The highest BCUT2D eigenvalue weighted by molar-refractivity contribution is 9.10. The third-order valence-corrected chi connectivity index (χ3v) is 3.19. The molecule has 1 amide bonds. The van der Waals surface area contributed by atoms with E-state index in [0.717, 1.165) is 0 Å². The number of carbonyl (C=O) groups excluding carboxylic acids is 1. The average Bonchev–Trinajstić information content (AvgIpc) is 2.68. The predicted octanol–water partition coefficient (Wildman–Crippen LogP) is 2.91. The maximum Gasteiger partial charge on any atom is 0.308 e. The molecule has 6 heteroatoms. The summed E-state index contributed by atoms with van der Waals surface area (Å²) in [6.07, 6.45) is 1.89. The van der Waals surface area contributed by atoms with Gasteiger partial charge in [-0.3, -0.25) is 9.59 Å². The van der Waals surface area contributed by atoms with Gasteiger partial charge in [0.2, 0.25) is 0 Å². The van der Waals surface area contributed by atoms with Crippen LogP contribution >= 0.6 is 15.9 Å². The topological polar surface area (TPSA) is 79.5 Å². The summed E-state index contributed by atoms with van der Waals surface area (Å²) in [6.45, 7) is 6.01. The van der Waals surface area contributed by atoms with E-state index in [9.17, 15) is 9.59 Å². The summed E-state index contributed by atoms with van der Waals surface area (Å²) in [7, 11) is 0. The van der Waals surface area contributed by atoms with Gasteiger partial charge in [0.25, 0.3) is 5.91 Å². The van der Waals surface area contributed by atoms with E-state index in [0.29, 0.717) is 16.7 Å². The minimum Gasteiger partial charge on any atom is -0.481 e. The lowest BCUT2D eigenvalue weighted by atomic mass is 9.84. The van der Waals surface area contributed by atoms with Crippen LogP contribution in [0, 0.1) is 11.3 Å². The molecule has 5 nitrogen and oxygen atoms in total. The Bertz CT molecular complexity index is 461. The highest BCUT2D eigenvalue weighted by atomic mass is 79.9. The van der Waals surface area contributed by atoms with E-state index in [1.807, 2.05) is 20.8 Å². The van der Waals surface area contributed by atoms with E-state index in [4.69, 9.17) is 9.52 Å². The van der Waals surface area contributed by atoms with Gasteiger partial charge in [-0.15, -0.1) is 0 Å². The van der Waals surface area contributed by atoms with Crippen LogP contribution in [0.1, 0.15) is 37.6 Å². The highest BCUT2D eigenvalue weighted by Crippen LogP contribution is 2.24. The second-order valence-electron chi connectivity index (χ2n) is 5.62. The number of carboxylic acids is 1. The summed E-state index contributed by atoms with van der Waals surface area (Å²) in [6, 6.07) is 1.53. The standard InChI is InChI=1S/C13H18BrNO4/c1-13(2,3)6-8(12(17)18)7-15-11(16)9-4-5-19-10(9)14/h4-5,8H,6-7H2,1-3H3,(H,15,16)(H,17,18). The fraction of sp³-hybridized carbons (Fsp3) is 0.538. The molecule has 1 aromatic rings. The molecule has 1 rings (SSSR count). The molecule has 0 fully saturated rings. The number of aliphatic carboxylic acids is 1. The van der Waals surface area contributed by atoms with Crippen molar-refractivity contribution in [3.8, 4) is 0 Å². The summed E-state index contributed by atoms with van der Waals surface area (Å²) in [5.41, 5.74) is 0.254. The van der Waals surface area contributed by atoms with E-state index in [1.165, 1.54) is 12.3 Å². The fourth-order valence-corrected chi connectivity index (χ4v) is 2.17. The lowest BCUT2D eigenvalue weighted by Gasteiger charge is -2.23. The van der Waals surface area contributed by atoms with Gasteiger partial charge in [0.15, 0.2) is 4.67 Å². The summed E-state index contributed by atoms with van der Waals surface area (Å²) < 4.78 is 5.30. The largest absolute Gasteiger partial charge is 0.481 e. The van der Waals surface area contributed by atoms with Gasteiger partial charge in [-0.05, 0) is 33.8 Å². The van der Waals surface area contributed by atoms with Crippen molar-refractivity contribution < 1.29 is 19.1 Å². The number of rotatable bonds is 5. The van der Waals surface area contributed by atoms with Gasteiger partial charge in [-0.25, -0.2) is 0 Å². The Morgan fingerprint density at radius 3 is 2.53 bits per heavy atom. The molecule has 0 saturated carbocycles. The Morgan fingerprint density at radius 1 is 1.47 bits per heavy atom. The summed E-state index contributed by atoms with van der Waals surface area (Å²) >= 11 is 3.11. The Morgan fingerprint density at radius 2 is 2.11 bits per heavy atom. The molecule has 1 unspecified atom stereocenters. The fourth-order valence-electron chi connectivity index (χ4n) is 1.75. The predicted molar refractivity (Wildman–Crippen MR) is 73.9 cm³/mol. The van der Waals surface area contributed by atoms with E-state index in [1.54, 1.807) is 0 Å². The van der Waals surface area contributed by atoms with Gasteiger partial charge in [0, 0.05) is 6.54 Å². The summed E-state index contributed by atoms with van der Waals surface area (Å²) in [4.78, 5) is 23.0. The number of halogens is 1. The first kappa shape index (κ1) is 15.8. The number of amides is 1. The monoisotopic (exact) mass is 331 g/mol. The number of furan rings is 1. The maximum atomic E-state index is 11.8. The zero-order valence-corrected chi connectivity index (χ0v) is 12.8. The van der Waals surface area contributed by atoms with Crippen LogP contribution in [0.15, 0.2) is 21.4 Å². The number of carboxylic acid groups (broad SMARTS) is 1. The molecule has 1 aromatic heterocycles. The number of hydrogen-bond acceptors (Lipinski definition) is 3. The smallest absolute Gasteiger partial charge is 0.308 e. The summed E-state index contributed by atoms with van der Waals surface area (Å²) in [5, 5.41) is 11.8. The second kappa shape index (κ2) is 6.23.